The van der Waals surface area contributed by atoms with Gasteiger partial charge in [0.15, 0.2) is 22.9 Å². The lowest BCUT2D eigenvalue weighted by atomic mass is 9.93. The van der Waals surface area contributed by atoms with Crippen LogP contribution in [0.4, 0.5) is 29.0 Å². The molecule has 0 atom stereocenters. The molecule has 0 fully saturated rings. The number of nitrogens with zero attached hydrogens (tertiary/aromatic N) is 6. The number of aryl methyl sites for hydroxylation is 4. The molecule has 0 unspecified atom stereocenters. The summed E-state index contributed by atoms with van der Waals surface area (Å²) in [6, 6.07) is 17.4. The van der Waals surface area contributed by atoms with E-state index >= 15 is 0 Å². The summed E-state index contributed by atoms with van der Waals surface area (Å²) in [6.07, 6.45) is 7.82. The van der Waals surface area contributed by atoms with Gasteiger partial charge in [0.1, 0.15) is 22.9 Å². The van der Waals surface area contributed by atoms with Crippen LogP contribution in [-0.2, 0) is 43.3 Å². The highest BCUT2D eigenvalue weighted by Crippen LogP contribution is 2.38. The van der Waals surface area contributed by atoms with E-state index in [2.05, 4.69) is 86.9 Å². The van der Waals surface area contributed by atoms with E-state index in [1.165, 1.54) is 0 Å². The van der Waals surface area contributed by atoms with Gasteiger partial charge in [-0.05, 0) is 93.0 Å². The van der Waals surface area contributed by atoms with E-state index in [1.54, 1.807) is 33.5 Å². The molecule has 2 aliphatic carbocycles. The molecule has 0 spiro atoms. The van der Waals surface area contributed by atoms with E-state index in [0.717, 1.165) is 72.2 Å². The van der Waals surface area contributed by atoms with Crippen LogP contribution in [-0.4, -0.2) is 63.0 Å². The van der Waals surface area contributed by atoms with Crippen molar-refractivity contribution in [2.45, 2.75) is 59.3 Å². The van der Waals surface area contributed by atoms with Crippen LogP contribution in [0, 0.1) is 0 Å². The standard InChI is InChI=1S/C27H26BrN5O3.C19H17BrN4O4/c1-4-15-7-6-8-16(5-2)22(15)31-26(34)24-19-11-9-17-14-29-27(32-23(17)25(19)36-33-24)30-20-12-10-18(28)13-21(20)35-3;1-3-27-18(25)16-12-6-4-10-9-21-19(23-15(10)17(12)28-24-16)22-13-7-5-11(20)8-14(13)26-2/h6-8,10,12-14H,4-5,9,11H2,1-3H3,(H,31,34)(H,29,30,32);5,7-9H,3-4,6H2,1-2H3,(H,21,22,23). The van der Waals surface area contributed by atoms with Crippen molar-refractivity contribution < 1.29 is 32.8 Å². The Kier molecular flexibility index (Phi) is 13.3. The number of esters is 1. The summed E-state index contributed by atoms with van der Waals surface area (Å²) < 4.78 is 28.8. The third kappa shape index (κ3) is 9.05. The van der Waals surface area contributed by atoms with Crippen molar-refractivity contribution in [2.75, 3.05) is 36.8 Å². The Bertz CT molecular complexity index is 2860. The van der Waals surface area contributed by atoms with E-state index in [1.807, 2.05) is 54.6 Å². The molecule has 0 radical (unpaired) electrons. The molecule has 16 nitrogen and oxygen atoms in total. The van der Waals surface area contributed by atoms with Crippen molar-refractivity contribution in [1.29, 1.82) is 0 Å². The topological polar surface area (TPSA) is 202 Å². The van der Waals surface area contributed by atoms with Gasteiger partial charge >= 0.3 is 5.97 Å². The quantitative estimate of drug-likeness (QED) is 0.0976. The predicted molar refractivity (Wildman–Crippen MR) is 247 cm³/mol. The minimum atomic E-state index is -0.483. The van der Waals surface area contributed by atoms with Crippen LogP contribution >= 0.6 is 31.9 Å². The number of anilines is 5. The predicted octanol–water partition coefficient (Wildman–Crippen LogP) is 10.0. The Labute approximate surface area is 385 Å². The van der Waals surface area contributed by atoms with Crippen molar-refractivity contribution in [3.05, 3.63) is 121 Å². The zero-order valence-corrected chi connectivity index (χ0v) is 38.8. The fraction of sp³-hybridized carbons (Fsp3) is 0.261. The molecule has 1 amide bonds. The lowest BCUT2D eigenvalue weighted by Gasteiger charge is -2.16. The van der Waals surface area contributed by atoms with Gasteiger partial charge in [0.2, 0.25) is 11.9 Å². The second-order valence-electron chi connectivity index (χ2n) is 14.6. The second-order valence-corrected chi connectivity index (χ2v) is 16.4. The SMILES string of the molecule is CCOC(=O)c1noc2c1CCc1cnc(Nc3ccc(Br)cc3OC)nc1-2.CCc1cccc(CC)c1NC(=O)c1noc2c1CCc1cnc(Nc3ccc(Br)cc3OC)nc1-2. The number of hydrogen-bond donors (Lipinski definition) is 3. The first kappa shape index (κ1) is 44.0. The van der Waals surface area contributed by atoms with E-state index in [9.17, 15) is 9.59 Å². The number of rotatable bonds is 12. The number of methoxy groups -OCH3 is 2. The van der Waals surface area contributed by atoms with Gasteiger partial charge in [-0.2, -0.15) is 0 Å². The Morgan fingerprint density at radius 3 is 1.67 bits per heavy atom. The first-order chi connectivity index (χ1) is 31.1. The Morgan fingerprint density at radius 2 is 1.19 bits per heavy atom. The Morgan fingerprint density at radius 1 is 0.688 bits per heavy atom. The van der Waals surface area contributed by atoms with Crippen molar-refractivity contribution >= 4 is 72.7 Å². The van der Waals surface area contributed by atoms with E-state index < -0.39 is 5.97 Å². The van der Waals surface area contributed by atoms with Crippen LogP contribution in [0.2, 0.25) is 0 Å². The maximum atomic E-state index is 13.3. The Balaban J connectivity index is 0.000000181. The highest BCUT2D eigenvalue weighted by molar-refractivity contribution is 9.10. The number of para-hydroxylation sites is 1. The third-order valence-corrected chi connectivity index (χ3v) is 11.8. The summed E-state index contributed by atoms with van der Waals surface area (Å²) >= 11 is 6.87. The molecule has 9 rings (SSSR count). The molecular formula is C46H43Br2N9O7. The number of ether oxygens (including phenoxy) is 3. The van der Waals surface area contributed by atoms with Gasteiger partial charge in [0.25, 0.3) is 5.91 Å². The molecule has 328 valence electrons. The average Bonchev–Trinajstić information content (AvgIpc) is 3.96. The first-order valence-electron chi connectivity index (χ1n) is 20.6. The van der Waals surface area contributed by atoms with Gasteiger partial charge in [0.05, 0.1) is 32.2 Å². The normalized spacial score (nSPS) is 12.0. The molecule has 3 N–H and O–H groups in total. The molecular weight excluding hydrogens is 950 g/mol. The molecule has 0 saturated carbocycles. The van der Waals surface area contributed by atoms with Crippen LogP contribution in [0.15, 0.2) is 85.0 Å². The number of carbonyl (C=O) groups excluding carboxylic acids is 2. The summed E-state index contributed by atoms with van der Waals surface area (Å²) in [6.45, 7) is 6.19. The zero-order valence-electron chi connectivity index (χ0n) is 35.6. The molecule has 0 bridgehead atoms. The molecule has 0 saturated heterocycles. The van der Waals surface area contributed by atoms with E-state index in [0.29, 0.717) is 77.7 Å². The minimum absolute atomic E-state index is 0.213. The van der Waals surface area contributed by atoms with Gasteiger partial charge in [-0.3, -0.25) is 4.79 Å². The van der Waals surface area contributed by atoms with Crippen molar-refractivity contribution in [2.24, 2.45) is 0 Å². The molecule has 4 heterocycles. The summed E-state index contributed by atoms with van der Waals surface area (Å²) in [5.74, 6) is 2.33. The fourth-order valence-corrected chi connectivity index (χ4v) is 8.24. The van der Waals surface area contributed by atoms with Crippen LogP contribution in [0.5, 0.6) is 11.5 Å². The molecule has 4 aromatic heterocycles. The lowest BCUT2D eigenvalue weighted by molar-refractivity contribution is 0.0513. The number of benzene rings is 3. The van der Waals surface area contributed by atoms with Crippen LogP contribution < -0.4 is 25.4 Å². The van der Waals surface area contributed by atoms with Gasteiger partial charge in [0, 0.05) is 49.3 Å². The second kappa shape index (κ2) is 19.4. The summed E-state index contributed by atoms with van der Waals surface area (Å²) in [4.78, 5) is 43.5. The lowest BCUT2D eigenvalue weighted by Crippen LogP contribution is -2.18. The number of carbonyl (C=O) groups is 2. The smallest absolute Gasteiger partial charge is 0.360 e. The average molecular weight is 994 g/mol. The summed E-state index contributed by atoms with van der Waals surface area (Å²) in [5, 5.41) is 17.5. The van der Waals surface area contributed by atoms with Crippen LogP contribution in [0.25, 0.3) is 22.9 Å². The highest BCUT2D eigenvalue weighted by atomic mass is 79.9. The monoisotopic (exact) mass is 991 g/mol. The first-order valence-corrected chi connectivity index (χ1v) is 22.2. The van der Waals surface area contributed by atoms with E-state index in [4.69, 9.17) is 28.2 Å². The van der Waals surface area contributed by atoms with Crippen molar-refractivity contribution in [1.82, 2.24) is 30.2 Å². The van der Waals surface area contributed by atoms with Crippen molar-refractivity contribution in [3.63, 3.8) is 0 Å². The fourth-order valence-electron chi connectivity index (χ4n) is 7.56. The number of hydrogen-bond acceptors (Lipinski definition) is 15. The minimum Gasteiger partial charge on any atom is -0.495 e. The van der Waals surface area contributed by atoms with Crippen LogP contribution in [0.3, 0.4) is 0 Å². The molecule has 0 aliphatic heterocycles. The van der Waals surface area contributed by atoms with Gasteiger partial charge in [-0.25, -0.2) is 24.7 Å². The summed E-state index contributed by atoms with van der Waals surface area (Å²) in [7, 11) is 3.20. The molecule has 3 aromatic carbocycles. The number of fused-ring (bicyclic) bond motifs is 6. The summed E-state index contributed by atoms with van der Waals surface area (Å²) in [5.41, 5.74) is 9.65. The number of halogens is 2. The van der Waals surface area contributed by atoms with Crippen LogP contribution in [0.1, 0.15) is 75.1 Å². The maximum absolute atomic E-state index is 13.3. The van der Waals surface area contributed by atoms with Gasteiger partial charge in [-0.15, -0.1) is 0 Å². The van der Waals surface area contributed by atoms with Gasteiger partial charge < -0.3 is 39.2 Å². The van der Waals surface area contributed by atoms with E-state index in [-0.39, 0.29) is 18.2 Å². The number of amides is 1. The van der Waals surface area contributed by atoms with Gasteiger partial charge in [-0.1, -0.05) is 74.2 Å². The number of nitrogens with one attached hydrogen (secondary N) is 3. The molecule has 64 heavy (non-hydrogen) atoms. The molecule has 2 aliphatic rings. The Hall–Kier alpha value is -6.66. The largest absolute Gasteiger partial charge is 0.495 e. The molecule has 7 aromatic rings. The zero-order chi connectivity index (χ0) is 44.9. The third-order valence-electron chi connectivity index (χ3n) is 10.8. The number of aromatic nitrogens is 6. The molecule has 18 heteroatoms. The van der Waals surface area contributed by atoms with Crippen molar-refractivity contribution in [3.8, 4) is 34.4 Å². The highest BCUT2D eigenvalue weighted by Gasteiger charge is 2.31. The maximum Gasteiger partial charge on any atom is 0.360 e.